The van der Waals surface area contributed by atoms with Gasteiger partial charge in [-0.05, 0) is 31.0 Å². The summed E-state index contributed by atoms with van der Waals surface area (Å²) < 4.78 is 49.2. The Morgan fingerprint density at radius 3 is 2.62 bits per heavy atom. The number of sulfone groups is 1. The third-order valence-corrected chi connectivity index (χ3v) is 7.58. The van der Waals surface area contributed by atoms with Crippen LogP contribution < -0.4 is 5.32 Å². The average molecular weight is 374 g/mol. The molecule has 1 atom stereocenters. The molecule has 9 heteroatoms. The fourth-order valence-electron chi connectivity index (χ4n) is 2.63. The molecular formula is C15H22N2O5S2. The Bertz CT molecular complexity index is 818. The second kappa shape index (κ2) is 7.20. The number of hydrogen-bond acceptors (Lipinski definition) is 5. The van der Waals surface area contributed by atoms with Gasteiger partial charge in [0.2, 0.25) is 15.9 Å². The van der Waals surface area contributed by atoms with E-state index in [1.165, 1.54) is 6.07 Å². The number of amides is 1. The molecule has 1 fully saturated rings. The number of carbonyl (C=O) groups is 1. The summed E-state index contributed by atoms with van der Waals surface area (Å²) in [7, 11) is -6.87. The Kier molecular flexibility index (Phi) is 5.67. The lowest BCUT2D eigenvalue weighted by Gasteiger charge is -2.21. The molecule has 1 amide bonds. The summed E-state index contributed by atoms with van der Waals surface area (Å²) in [4.78, 5) is 12.3. The highest BCUT2D eigenvalue weighted by molar-refractivity contribution is 7.91. The van der Waals surface area contributed by atoms with Gasteiger partial charge in [-0.2, -0.15) is 4.31 Å². The number of nitrogens with one attached hydrogen (secondary N) is 1. The summed E-state index contributed by atoms with van der Waals surface area (Å²) in [5, 5.41) is 2.61. The first-order valence-corrected chi connectivity index (χ1v) is 11.0. The van der Waals surface area contributed by atoms with Gasteiger partial charge in [0, 0.05) is 12.6 Å². The maximum atomic E-state index is 12.6. The van der Waals surface area contributed by atoms with Crippen LogP contribution in [0.15, 0.2) is 29.2 Å². The molecule has 0 aliphatic carbocycles. The quantitative estimate of drug-likeness (QED) is 0.772. The second-order valence-corrected chi connectivity index (χ2v) is 10.1. The van der Waals surface area contributed by atoms with Crippen molar-refractivity contribution in [1.29, 1.82) is 0 Å². The van der Waals surface area contributed by atoms with Crippen molar-refractivity contribution >= 4 is 25.8 Å². The van der Waals surface area contributed by atoms with Crippen molar-refractivity contribution in [1.82, 2.24) is 9.62 Å². The van der Waals surface area contributed by atoms with E-state index in [1.807, 2.05) is 0 Å². The highest BCUT2D eigenvalue weighted by Crippen LogP contribution is 2.17. The van der Waals surface area contributed by atoms with E-state index in [4.69, 9.17) is 0 Å². The van der Waals surface area contributed by atoms with Gasteiger partial charge in [-0.25, -0.2) is 16.8 Å². The monoisotopic (exact) mass is 374 g/mol. The van der Waals surface area contributed by atoms with E-state index in [9.17, 15) is 21.6 Å². The third-order valence-electron chi connectivity index (χ3n) is 3.90. The van der Waals surface area contributed by atoms with Crippen LogP contribution in [0.4, 0.5) is 0 Å². The lowest BCUT2D eigenvalue weighted by atomic mass is 10.2. The van der Waals surface area contributed by atoms with Gasteiger partial charge in [-0.1, -0.05) is 19.1 Å². The molecule has 0 saturated carbocycles. The van der Waals surface area contributed by atoms with Crippen molar-refractivity contribution in [3.8, 4) is 0 Å². The first-order chi connectivity index (χ1) is 11.1. The Balaban J connectivity index is 2.07. The fourth-order valence-corrected chi connectivity index (χ4v) is 5.82. The first-order valence-electron chi connectivity index (χ1n) is 7.70. The van der Waals surface area contributed by atoms with Crippen molar-refractivity contribution in [2.24, 2.45) is 0 Å². The van der Waals surface area contributed by atoms with Gasteiger partial charge in [0.25, 0.3) is 0 Å². The molecule has 0 aromatic heterocycles. The maximum absolute atomic E-state index is 12.6. The van der Waals surface area contributed by atoms with Crippen LogP contribution in [-0.2, 0) is 24.7 Å². The van der Waals surface area contributed by atoms with Gasteiger partial charge in [0.15, 0.2) is 9.84 Å². The molecule has 1 saturated heterocycles. The van der Waals surface area contributed by atoms with Crippen LogP contribution in [0, 0.1) is 6.92 Å². The molecule has 1 aliphatic heterocycles. The lowest BCUT2D eigenvalue weighted by molar-refractivity contribution is -0.121. The van der Waals surface area contributed by atoms with Gasteiger partial charge in [0.05, 0.1) is 22.9 Å². The smallest absolute Gasteiger partial charge is 0.243 e. The second-order valence-electron chi connectivity index (χ2n) is 5.92. The van der Waals surface area contributed by atoms with Crippen molar-refractivity contribution in [2.45, 2.75) is 31.2 Å². The summed E-state index contributed by atoms with van der Waals surface area (Å²) >= 11 is 0. The number of rotatable bonds is 6. The van der Waals surface area contributed by atoms with E-state index in [0.717, 1.165) is 9.87 Å². The molecule has 1 unspecified atom stereocenters. The van der Waals surface area contributed by atoms with Crippen LogP contribution in [-0.4, -0.2) is 57.7 Å². The van der Waals surface area contributed by atoms with Crippen molar-refractivity contribution in [2.75, 3.05) is 24.6 Å². The molecule has 0 spiro atoms. The van der Waals surface area contributed by atoms with Crippen LogP contribution >= 0.6 is 0 Å². The number of benzene rings is 1. The highest BCUT2D eigenvalue weighted by Gasteiger charge is 2.31. The minimum Gasteiger partial charge on any atom is -0.351 e. The van der Waals surface area contributed by atoms with Gasteiger partial charge in [0.1, 0.15) is 0 Å². The Hall–Kier alpha value is -1.45. The molecule has 1 heterocycles. The summed E-state index contributed by atoms with van der Waals surface area (Å²) in [6.07, 6.45) is 0.366. The van der Waals surface area contributed by atoms with Crippen LogP contribution in [0.1, 0.15) is 18.9 Å². The lowest BCUT2D eigenvalue weighted by Crippen LogP contribution is -2.44. The molecule has 1 N–H and O–H groups in total. The molecule has 0 bridgehead atoms. The summed E-state index contributed by atoms with van der Waals surface area (Å²) in [5.74, 6) is -0.526. The number of aryl methyl sites for hydroxylation is 1. The van der Waals surface area contributed by atoms with E-state index in [0.29, 0.717) is 6.42 Å². The van der Waals surface area contributed by atoms with Gasteiger partial charge < -0.3 is 5.32 Å². The van der Waals surface area contributed by atoms with E-state index < -0.39 is 31.8 Å². The number of likely N-dealkylation sites (N-methyl/N-ethyl adjacent to an activating group) is 1. The third kappa shape index (κ3) is 4.55. The summed E-state index contributed by atoms with van der Waals surface area (Å²) in [6, 6.07) is 6.05. The zero-order chi connectivity index (χ0) is 18.0. The van der Waals surface area contributed by atoms with Crippen molar-refractivity contribution < 1.29 is 21.6 Å². The predicted octanol–water partition coefficient (Wildman–Crippen LogP) is 0.309. The SMILES string of the molecule is CCN(CC(=O)NC1CCS(=O)(=O)C1)S(=O)(=O)c1cccc(C)c1. The van der Waals surface area contributed by atoms with E-state index in [2.05, 4.69) is 5.32 Å². The number of carbonyl (C=O) groups excluding carboxylic acids is 1. The van der Waals surface area contributed by atoms with Crippen molar-refractivity contribution in [3.05, 3.63) is 29.8 Å². The molecule has 1 aromatic rings. The zero-order valence-electron chi connectivity index (χ0n) is 13.7. The normalized spacial score (nSPS) is 20.2. The van der Waals surface area contributed by atoms with E-state index in [1.54, 1.807) is 32.0 Å². The Labute approximate surface area is 143 Å². The molecule has 7 nitrogen and oxygen atoms in total. The van der Waals surface area contributed by atoms with Crippen molar-refractivity contribution in [3.63, 3.8) is 0 Å². The standard InChI is InChI=1S/C15H22N2O5S2/c1-3-17(24(21,22)14-6-4-5-12(2)9-14)10-15(18)16-13-7-8-23(19,20)11-13/h4-6,9,13H,3,7-8,10-11H2,1-2H3,(H,16,18). The minimum absolute atomic E-state index is 0.0526. The van der Waals surface area contributed by atoms with Gasteiger partial charge in [-0.15, -0.1) is 0 Å². The number of sulfonamides is 1. The number of hydrogen-bond donors (Lipinski definition) is 1. The van der Waals surface area contributed by atoms with Gasteiger partial charge in [-0.3, -0.25) is 4.79 Å². The fraction of sp³-hybridized carbons (Fsp3) is 0.533. The average Bonchev–Trinajstić information content (AvgIpc) is 2.83. The van der Waals surface area contributed by atoms with Crippen LogP contribution in [0.25, 0.3) is 0 Å². The largest absolute Gasteiger partial charge is 0.351 e. The van der Waals surface area contributed by atoms with Crippen LogP contribution in [0.5, 0.6) is 0 Å². The zero-order valence-corrected chi connectivity index (χ0v) is 15.4. The Morgan fingerprint density at radius 1 is 1.38 bits per heavy atom. The summed E-state index contributed by atoms with van der Waals surface area (Å²) in [6.45, 7) is 3.26. The molecule has 1 aliphatic rings. The molecule has 2 rings (SSSR count). The molecule has 1 aromatic carbocycles. The van der Waals surface area contributed by atoms with E-state index in [-0.39, 0.29) is 29.5 Å². The first kappa shape index (κ1) is 18.9. The minimum atomic E-state index is -3.77. The number of nitrogens with zero attached hydrogens (tertiary/aromatic N) is 1. The molecule has 134 valence electrons. The van der Waals surface area contributed by atoms with Gasteiger partial charge >= 0.3 is 0 Å². The molecule has 24 heavy (non-hydrogen) atoms. The highest BCUT2D eigenvalue weighted by atomic mass is 32.2. The van der Waals surface area contributed by atoms with E-state index >= 15 is 0 Å². The summed E-state index contributed by atoms with van der Waals surface area (Å²) in [5.41, 5.74) is 0.813. The maximum Gasteiger partial charge on any atom is 0.243 e. The molecule has 0 radical (unpaired) electrons. The van der Waals surface area contributed by atoms with Crippen LogP contribution in [0.2, 0.25) is 0 Å². The molecular weight excluding hydrogens is 352 g/mol. The Morgan fingerprint density at radius 2 is 2.08 bits per heavy atom. The van der Waals surface area contributed by atoms with Crippen LogP contribution in [0.3, 0.4) is 0 Å². The predicted molar refractivity (Wildman–Crippen MR) is 90.8 cm³/mol. The topological polar surface area (TPSA) is 101 Å².